The fraction of sp³-hybridized carbons (Fsp3) is 0.474. The highest BCUT2D eigenvalue weighted by Crippen LogP contribution is 2.44. The fourth-order valence-electron chi connectivity index (χ4n) is 2.13. The Kier molecular flexibility index (Phi) is 5.44. The SMILES string of the molecule is CC=C(C)C(=O)OCC1(c2ccc(C)cc2OC(=O)C(C)C)CO1. The predicted molar refractivity (Wildman–Crippen MR) is 89.7 cm³/mol. The van der Waals surface area contributed by atoms with Crippen LogP contribution in [-0.4, -0.2) is 25.2 Å². The number of benzene rings is 1. The van der Waals surface area contributed by atoms with E-state index in [-0.39, 0.29) is 24.5 Å². The molecule has 0 aliphatic carbocycles. The van der Waals surface area contributed by atoms with E-state index in [1.54, 1.807) is 39.8 Å². The molecule has 1 aliphatic heterocycles. The molecule has 0 saturated carbocycles. The Morgan fingerprint density at radius 3 is 2.58 bits per heavy atom. The van der Waals surface area contributed by atoms with Gasteiger partial charge in [0.25, 0.3) is 0 Å². The van der Waals surface area contributed by atoms with Crippen LogP contribution >= 0.6 is 0 Å². The van der Waals surface area contributed by atoms with Crippen molar-refractivity contribution in [3.8, 4) is 5.75 Å². The topological polar surface area (TPSA) is 65.1 Å². The Morgan fingerprint density at radius 2 is 2.04 bits per heavy atom. The van der Waals surface area contributed by atoms with Crippen LogP contribution in [0.2, 0.25) is 0 Å². The summed E-state index contributed by atoms with van der Waals surface area (Å²) in [4.78, 5) is 23.8. The van der Waals surface area contributed by atoms with Crippen LogP contribution in [0.5, 0.6) is 5.75 Å². The molecule has 0 bridgehead atoms. The summed E-state index contributed by atoms with van der Waals surface area (Å²) < 4.78 is 16.4. The van der Waals surface area contributed by atoms with Crippen LogP contribution in [-0.2, 0) is 24.7 Å². The van der Waals surface area contributed by atoms with Crippen molar-refractivity contribution in [1.82, 2.24) is 0 Å². The number of epoxide rings is 1. The number of allylic oxidation sites excluding steroid dienone is 1. The zero-order valence-corrected chi connectivity index (χ0v) is 14.8. The van der Waals surface area contributed by atoms with E-state index < -0.39 is 5.60 Å². The van der Waals surface area contributed by atoms with Gasteiger partial charge in [0, 0.05) is 11.1 Å². The average Bonchev–Trinajstić information content (AvgIpc) is 3.32. The Morgan fingerprint density at radius 1 is 1.38 bits per heavy atom. The summed E-state index contributed by atoms with van der Waals surface area (Å²) >= 11 is 0. The average molecular weight is 332 g/mol. The second kappa shape index (κ2) is 7.18. The van der Waals surface area contributed by atoms with Gasteiger partial charge in [0.1, 0.15) is 12.4 Å². The highest BCUT2D eigenvalue weighted by Gasteiger charge is 2.50. The summed E-state index contributed by atoms with van der Waals surface area (Å²) in [5, 5.41) is 0. The summed E-state index contributed by atoms with van der Waals surface area (Å²) in [5.41, 5.74) is 1.52. The second-order valence-corrected chi connectivity index (χ2v) is 6.41. The lowest BCUT2D eigenvalue weighted by Crippen LogP contribution is -2.23. The van der Waals surface area contributed by atoms with Crippen LogP contribution in [0.25, 0.3) is 0 Å². The number of carbonyl (C=O) groups excluding carboxylic acids is 2. The van der Waals surface area contributed by atoms with Gasteiger partial charge in [-0.05, 0) is 32.4 Å². The van der Waals surface area contributed by atoms with Crippen molar-refractivity contribution in [3.05, 3.63) is 41.0 Å². The summed E-state index contributed by atoms with van der Waals surface area (Å²) in [6.45, 7) is 9.47. The van der Waals surface area contributed by atoms with Gasteiger partial charge in [-0.2, -0.15) is 0 Å². The first-order chi connectivity index (χ1) is 11.3. The minimum absolute atomic E-state index is 0.0896. The maximum atomic E-state index is 12.0. The first kappa shape index (κ1) is 18.2. The van der Waals surface area contributed by atoms with Gasteiger partial charge in [-0.3, -0.25) is 4.79 Å². The van der Waals surface area contributed by atoms with Crippen LogP contribution in [0.1, 0.15) is 38.8 Å². The Balaban J connectivity index is 2.21. The molecule has 1 saturated heterocycles. The summed E-state index contributed by atoms with van der Waals surface area (Å²) in [6, 6.07) is 5.59. The van der Waals surface area contributed by atoms with E-state index in [0.29, 0.717) is 17.9 Å². The number of aryl methyl sites for hydroxylation is 1. The van der Waals surface area contributed by atoms with Crippen molar-refractivity contribution in [2.75, 3.05) is 13.2 Å². The fourth-order valence-corrected chi connectivity index (χ4v) is 2.13. The molecule has 0 radical (unpaired) electrons. The molecule has 0 aromatic heterocycles. The van der Waals surface area contributed by atoms with Gasteiger partial charge in [0.15, 0.2) is 5.60 Å². The smallest absolute Gasteiger partial charge is 0.333 e. The van der Waals surface area contributed by atoms with Crippen LogP contribution in [0.3, 0.4) is 0 Å². The summed E-state index contributed by atoms with van der Waals surface area (Å²) in [5.74, 6) is -0.450. The van der Waals surface area contributed by atoms with E-state index in [1.807, 2.05) is 19.1 Å². The van der Waals surface area contributed by atoms with Crippen LogP contribution < -0.4 is 4.74 Å². The molecule has 0 spiro atoms. The molecular weight excluding hydrogens is 308 g/mol. The number of esters is 2. The number of carbonyl (C=O) groups is 2. The Bertz CT molecular complexity index is 668. The van der Waals surface area contributed by atoms with E-state index in [1.165, 1.54) is 0 Å². The lowest BCUT2D eigenvalue weighted by molar-refractivity contribution is -0.141. The number of ether oxygens (including phenoxy) is 3. The molecule has 2 rings (SSSR count). The molecule has 0 amide bonds. The van der Waals surface area contributed by atoms with Crippen molar-refractivity contribution in [2.45, 2.75) is 40.2 Å². The molecule has 1 aromatic carbocycles. The first-order valence-electron chi connectivity index (χ1n) is 8.06. The van der Waals surface area contributed by atoms with Gasteiger partial charge < -0.3 is 14.2 Å². The Labute approximate surface area is 142 Å². The number of rotatable bonds is 6. The van der Waals surface area contributed by atoms with Crippen LogP contribution in [0.15, 0.2) is 29.8 Å². The highest BCUT2D eigenvalue weighted by atomic mass is 16.6. The minimum atomic E-state index is -0.732. The molecule has 5 heteroatoms. The summed E-state index contributed by atoms with van der Waals surface area (Å²) in [7, 11) is 0. The van der Waals surface area contributed by atoms with Gasteiger partial charge in [-0.25, -0.2) is 4.79 Å². The van der Waals surface area contributed by atoms with E-state index in [2.05, 4.69) is 0 Å². The minimum Gasteiger partial charge on any atom is -0.459 e. The summed E-state index contributed by atoms with van der Waals surface area (Å²) in [6.07, 6.45) is 1.70. The van der Waals surface area contributed by atoms with Gasteiger partial charge in [0.05, 0.1) is 12.5 Å². The van der Waals surface area contributed by atoms with E-state index in [9.17, 15) is 9.59 Å². The molecule has 1 aromatic rings. The number of hydrogen-bond donors (Lipinski definition) is 0. The monoisotopic (exact) mass is 332 g/mol. The van der Waals surface area contributed by atoms with Gasteiger partial charge in [-0.1, -0.05) is 32.1 Å². The first-order valence-corrected chi connectivity index (χ1v) is 8.06. The molecule has 5 nitrogen and oxygen atoms in total. The maximum Gasteiger partial charge on any atom is 0.333 e. The van der Waals surface area contributed by atoms with E-state index in [4.69, 9.17) is 14.2 Å². The molecule has 1 atom stereocenters. The molecule has 1 fully saturated rings. The Hall–Kier alpha value is -2.14. The normalized spacial score (nSPS) is 20.0. The molecule has 1 unspecified atom stereocenters. The van der Waals surface area contributed by atoms with Crippen LogP contribution in [0.4, 0.5) is 0 Å². The third kappa shape index (κ3) is 4.03. The van der Waals surface area contributed by atoms with Crippen molar-refractivity contribution in [3.63, 3.8) is 0 Å². The molecule has 1 heterocycles. The maximum absolute atomic E-state index is 12.0. The largest absolute Gasteiger partial charge is 0.459 e. The molecule has 130 valence electrons. The van der Waals surface area contributed by atoms with Crippen molar-refractivity contribution in [1.29, 1.82) is 0 Å². The molecule has 0 N–H and O–H groups in total. The van der Waals surface area contributed by atoms with Gasteiger partial charge >= 0.3 is 11.9 Å². The quantitative estimate of drug-likeness (QED) is 0.346. The van der Waals surface area contributed by atoms with Gasteiger partial charge in [0.2, 0.25) is 0 Å². The zero-order chi connectivity index (χ0) is 17.9. The zero-order valence-electron chi connectivity index (χ0n) is 14.8. The predicted octanol–water partition coefficient (Wildman–Crippen LogP) is 3.29. The van der Waals surface area contributed by atoms with Gasteiger partial charge in [-0.15, -0.1) is 0 Å². The third-order valence-corrected chi connectivity index (χ3v) is 3.99. The molecule has 1 aliphatic rings. The number of hydrogen-bond acceptors (Lipinski definition) is 5. The van der Waals surface area contributed by atoms with E-state index >= 15 is 0 Å². The lowest BCUT2D eigenvalue weighted by atomic mass is 9.98. The van der Waals surface area contributed by atoms with Crippen molar-refractivity contribution < 1.29 is 23.8 Å². The lowest BCUT2D eigenvalue weighted by Gasteiger charge is -2.18. The van der Waals surface area contributed by atoms with Crippen molar-refractivity contribution in [2.24, 2.45) is 5.92 Å². The molecule has 24 heavy (non-hydrogen) atoms. The van der Waals surface area contributed by atoms with Crippen molar-refractivity contribution >= 4 is 11.9 Å². The van der Waals surface area contributed by atoms with Crippen LogP contribution in [0, 0.1) is 12.8 Å². The second-order valence-electron chi connectivity index (χ2n) is 6.41. The highest BCUT2D eigenvalue weighted by molar-refractivity contribution is 5.87. The van der Waals surface area contributed by atoms with E-state index in [0.717, 1.165) is 11.1 Å². The standard InChI is InChI=1S/C19H24O5/c1-6-14(5)18(21)22-10-19(11-23-19)15-8-7-13(4)9-16(15)24-17(20)12(2)3/h6-9,12H,10-11H2,1-5H3. The molecular formula is C19H24O5. The third-order valence-electron chi connectivity index (χ3n) is 3.99.